The molecule has 0 radical (unpaired) electrons. The van der Waals surface area contributed by atoms with Crippen molar-refractivity contribution in [1.82, 2.24) is 10.2 Å². The standard InChI is InChI=1S/C20H31N3O2/c1-2-21-19(22-16-20(24)12-6-7-13-20)23-14-10-18(11-15-23)25-17-8-4-3-5-9-17/h3-5,8-9,18,24H,2,6-7,10-16H2,1H3,(H,21,22). The first-order valence-electron chi connectivity index (χ1n) is 9.66. The van der Waals surface area contributed by atoms with Crippen molar-refractivity contribution in [2.75, 3.05) is 26.2 Å². The first-order valence-corrected chi connectivity index (χ1v) is 9.66. The Morgan fingerprint density at radius 3 is 2.56 bits per heavy atom. The molecule has 3 rings (SSSR count). The summed E-state index contributed by atoms with van der Waals surface area (Å²) in [6.07, 6.45) is 6.23. The number of nitrogens with zero attached hydrogens (tertiary/aromatic N) is 2. The number of nitrogens with one attached hydrogen (secondary N) is 1. The van der Waals surface area contributed by atoms with Gasteiger partial charge in [-0.1, -0.05) is 31.0 Å². The van der Waals surface area contributed by atoms with E-state index in [0.717, 1.165) is 69.9 Å². The number of benzene rings is 1. The fourth-order valence-electron chi connectivity index (χ4n) is 3.72. The molecular weight excluding hydrogens is 314 g/mol. The van der Waals surface area contributed by atoms with Crippen LogP contribution in [0.5, 0.6) is 5.75 Å². The van der Waals surface area contributed by atoms with E-state index in [0.29, 0.717) is 6.54 Å². The van der Waals surface area contributed by atoms with Gasteiger partial charge in [0.1, 0.15) is 11.9 Å². The fraction of sp³-hybridized carbons (Fsp3) is 0.650. The van der Waals surface area contributed by atoms with Gasteiger partial charge in [-0.2, -0.15) is 0 Å². The van der Waals surface area contributed by atoms with E-state index in [1.165, 1.54) is 0 Å². The highest BCUT2D eigenvalue weighted by molar-refractivity contribution is 5.80. The number of rotatable bonds is 5. The van der Waals surface area contributed by atoms with Crippen LogP contribution in [-0.4, -0.2) is 53.9 Å². The van der Waals surface area contributed by atoms with Gasteiger partial charge in [0.05, 0.1) is 12.1 Å². The number of hydrogen-bond donors (Lipinski definition) is 2. The molecule has 1 aliphatic carbocycles. The first kappa shape index (κ1) is 18.1. The van der Waals surface area contributed by atoms with Crippen LogP contribution < -0.4 is 10.1 Å². The van der Waals surface area contributed by atoms with Crippen LogP contribution in [0.4, 0.5) is 0 Å². The third-order valence-electron chi connectivity index (χ3n) is 5.18. The summed E-state index contributed by atoms with van der Waals surface area (Å²) in [7, 11) is 0. The molecule has 1 heterocycles. The average molecular weight is 345 g/mol. The Bertz CT molecular complexity index is 547. The largest absolute Gasteiger partial charge is 0.490 e. The predicted octanol–water partition coefficient (Wildman–Crippen LogP) is 2.80. The number of hydrogen-bond acceptors (Lipinski definition) is 3. The van der Waals surface area contributed by atoms with Crippen LogP contribution in [0.2, 0.25) is 0 Å². The monoisotopic (exact) mass is 345 g/mol. The van der Waals surface area contributed by atoms with E-state index in [9.17, 15) is 5.11 Å². The zero-order valence-corrected chi connectivity index (χ0v) is 15.3. The van der Waals surface area contributed by atoms with E-state index < -0.39 is 5.60 Å². The third kappa shape index (κ3) is 5.11. The van der Waals surface area contributed by atoms with Crippen LogP contribution in [0.3, 0.4) is 0 Å². The lowest BCUT2D eigenvalue weighted by atomic mass is 10.0. The Hall–Kier alpha value is -1.75. The molecule has 25 heavy (non-hydrogen) atoms. The highest BCUT2D eigenvalue weighted by atomic mass is 16.5. The normalized spacial score (nSPS) is 21.4. The minimum Gasteiger partial charge on any atom is -0.490 e. The molecular formula is C20H31N3O2. The third-order valence-corrected chi connectivity index (χ3v) is 5.18. The molecule has 1 saturated heterocycles. The van der Waals surface area contributed by atoms with Crippen LogP contribution in [0.25, 0.3) is 0 Å². The molecule has 1 aromatic carbocycles. The first-order chi connectivity index (χ1) is 12.2. The van der Waals surface area contributed by atoms with Gasteiger partial charge in [-0.15, -0.1) is 0 Å². The lowest BCUT2D eigenvalue weighted by molar-refractivity contribution is 0.0569. The molecule has 0 amide bonds. The Morgan fingerprint density at radius 2 is 1.92 bits per heavy atom. The second kappa shape index (κ2) is 8.56. The summed E-state index contributed by atoms with van der Waals surface area (Å²) >= 11 is 0. The van der Waals surface area contributed by atoms with Crippen molar-refractivity contribution in [2.45, 2.75) is 57.2 Å². The summed E-state index contributed by atoms with van der Waals surface area (Å²) in [6.45, 7) is 5.31. The molecule has 138 valence electrons. The molecule has 0 aromatic heterocycles. The van der Waals surface area contributed by atoms with Gasteiger partial charge >= 0.3 is 0 Å². The number of aliphatic imine (C=N–C) groups is 1. The van der Waals surface area contributed by atoms with Crippen molar-refractivity contribution in [3.8, 4) is 5.75 Å². The van der Waals surface area contributed by atoms with Crippen molar-refractivity contribution in [2.24, 2.45) is 4.99 Å². The van der Waals surface area contributed by atoms with Gasteiger partial charge < -0.3 is 20.1 Å². The molecule has 1 aliphatic heterocycles. The summed E-state index contributed by atoms with van der Waals surface area (Å²) in [5.41, 5.74) is -0.588. The van der Waals surface area contributed by atoms with Crippen molar-refractivity contribution >= 4 is 5.96 Å². The number of guanidine groups is 1. The minimum atomic E-state index is -0.588. The van der Waals surface area contributed by atoms with Gasteiger partial charge in [0.25, 0.3) is 0 Å². The summed E-state index contributed by atoms with van der Waals surface area (Å²) in [5.74, 6) is 1.88. The number of ether oxygens (including phenoxy) is 1. The van der Waals surface area contributed by atoms with Crippen LogP contribution in [0.1, 0.15) is 45.4 Å². The maximum Gasteiger partial charge on any atom is 0.194 e. The molecule has 5 heteroatoms. The molecule has 1 aromatic rings. The zero-order chi connectivity index (χ0) is 17.5. The summed E-state index contributed by atoms with van der Waals surface area (Å²) in [5, 5.41) is 13.9. The molecule has 2 N–H and O–H groups in total. The second-order valence-electron chi connectivity index (χ2n) is 7.22. The Kier molecular flexibility index (Phi) is 6.19. The van der Waals surface area contributed by atoms with Crippen molar-refractivity contribution < 1.29 is 9.84 Å². The molecule has 0 atom stereocenters. The van der Waals surface area contributed by atoms with Gasteiger partial charge in [-0.05, 0) is 31.9 Å². The minimum absolute atomic E-state index is 0.264. The van der Waals surface area contributed by atoms with Crippen molar-refractivity contribution in [1.29, 1.82) is 0 Å². The van der Waals surface area contributed by atoms with Gasteiger partial charge in [-0.3, -0.25) is 4.99 Å². The van der Waals surface area contributed by atoms with E-state index in [1.807, 2.05) is 30.3 Å². The fourth-order valence-corrected chi connectivity index (χ4v) is 3.72. The molecule has 2 aliphatic rings. The molecule has 1 saturated carbocycles. The molecule has 0 spiro atoms. The van der Waals surface area contributed by atoms with Gasteiger partial charge in [-0.25, -0.2) is 0 Å². The Balaban J connectivity index is 1.53. The topological polar surface area (TPSA) is 57.1 Å². The number of piperidine rings is 1. The summed E-state index contributed by atoms with van der Waals surface area (Å²) < 4.78 is 6.07. The zero-order valence-electron chi connectivity index (χ0n) is 15.3. The van der Waals surface area contributed by atoms with Crippen LogP contribution in [-0.2, 0) is 0 Å². The maximum atomic E-state index is 10.5. The average Bonchev–Trinajstić information content (AvgIpc) is 3.07. The van der Waals surface area contributed by atoms with Crippen LogP contribution in [0, 0.1) is 0 Å². The van der Waals surface area contributed by atoms with E-state index in [1.54, 1.807) is 0 Å². The number of likely N-dealkylation sites (tertiary alicyclic amines) is 1. The smallest absolute Gasteiger partial charge is 0.194 e. The quantitative estimate of drug-likeness (QED) is 0.636. The van der Waals surface area contributed by atoms with Crippen molar-refractivity contribution in [3.63, 3.8) is 0 Å². The molecule has 0 bridgehead atoms. The molecule has 0 unspecified atom stereocenters. The van der Waals surface area contributed by atoms with E-state index in [2.05, 4.69) is 17.1 Å². The van der Waals surface area contributed by atoms with Gasteiger partial charge in [0, 0.05) is 32.5 Å². The van der Waals surface area contributed by atoms with E-state index >= 15 is 0 Å². The van der Waals surface area contributed by atoms with E-state index in [-0.39, 0.29) is 6.10 Å². The lowest BCUT2D eigenvalue weighted by Gasteiger charge is -2.34. The predicted molar refractivity (Wildman–Crippen MR) is 101 cm³/mol. The molecule has 5 nitrogen and oxygen atoms in total. The lowest BCUT2D eigenvalue weighted by Crippen LogP contribution is -2.48. The maximum absolute atomic E-state index is 10.5. The van der Waals surface area contributed by atoms with Gasteiger partial charge in [0.15, 0.2) is 5.96 Å². The van der Waals surface area contributed by atoms with Crippen LogP contribution >= 0.6 is 0 Å². The van der Waals surface area contributed by atoms with Gasteiger partial charge in [0.2, 0.25) is 0 Å². The number of para-hydroxylation sites is 1. The highest BCUT2D eigenvalue weighted by Gasteiger charge is 2.31. The molecule has 2 fully saturated rings. The Labute approximate surface area is 151 Å². The summed E-state index contributed by atoms with van der Waals surface area (Å²) in [4.78, 5) is 7.04. The Morgan fingerprint density at radius 1 is 1.24 bits per heavy atom. The van der Waals surface area contributed by atoms with Crippen molar-refractivity contribution in [3.05, 3.63) is 30.3 Å². The van der Waals surface area contributed by atoms with E-state index in [4.69, 9.17) is 9.73 Å². The SMILES string of the molecule is CCNC(=NCC1(O)CCCC1)N1CCC(Oc2ccccc2)CC1. The van der Waals surface area contributed by atoms with Crippen LogP contribution in [0.15, 0.2) is 35.3 Å². The second-order valence-corrected chi connectivity index (χ2v) is 7.22. The number of aliphatic hydroxyl groups is 1. The highest BCUT2D eigenvalue weighted by Crippen LogP contribution is 2.29. The summed E-state index contributed by atoms with van der Waals surface area (Å²) in [6, 6.07) is 10.1.